The first-order chi connectivity index (χ1) is 7.09. The van der Waals surface area contributed by atoms with Gasteiger partial charge in [-0.1, -0.05) is 33.8 Å². The lowest BCUT2D eigenvalue weighted by Crippen LogP contribution is -2.10. The summed E-state index contributed by atoms with van der Waals surface area (Å²) in [6.45, 7) is 9.28. The molecule has 1 rings (SSSR count). The van der Waals surface area contributed by atoms with Gasteiger partial charge in [0.2, 0.25) is 0 Å². The number of rotatable bonds is 3. The second-order valence-corrected chi connectivity index (χ2v) is 3.98. The minimum absolute atomic E-state index is 0.522. The smallest absolute Gasteiger partial charge is 0.0429 e. The lowest BCUT2D eigenvalue weighted by Gasteiger charge is -2.10. The Labute approximate surface area is 94.3 Å². The summed E-state index contributed by atoms with van der Waals surface area (Å²) in [4.78, 5) is 6.55. The fourth-order valence-electron chi connectivity index (χ4n) is 1.24. The summed E-state index contributed by atoms with van der Waals surface area (Å²) in [6.07, 6.45) is 1.97. The van der Waals surface area contributed by atoms with Crippen molar-refractivity contribution in [2.24, 2.45) is 0 Å². The summed E-state index contributed by atoms with van der Waals surface area (Å²) in [6, 6.07) is 4.27. The monoisotopic (exact) mass is 208 g/mol. The molecule has 15 heavy (non-hydrogen) atoms. The second-order valence-electron chi connectivity index (χ2n) is 3.98. The van der Waals surface area contributed by atoms with Gasteiger partial charge in [0.25, 0.3) is 0 Å². The predicted octanol–water partition coefficient (Wildman–Crippen LogP) is 3.29. The van der Waals surface area contributed by atoms with Gasteiger partial charge in [-0.3, -0.25) is 4.98 Å². The largest absolute Gasteiger partial charge is 0.305 e. The van der Waals surface area contributed by atoms with E-state index in [1.54, 1.807) is 0 Å². The summed E-state index contributed by atoms with van der Waals surface area (Å²) >= 11 is 0. The molecule has 86 valence electrons. The molecule has 1 aromatic rings. The topological polar surface area (TPSA) is 16.1 Å². The van der Waals surface area contributed by atoms with Crippen molar-refractivity contribution < 1.29 is 0 Å². The highest BCUT2D eigenvalue weighted by atomic mass is 15.0. The van der Waals surface area contributed by atoms with Crippen LogP contribution in [0.3, 0.4) is 0 Å². The first kappa shape index (κ1) is 14.1. The fraction of sp³-hybridized carbons (Fsp3) is 0.615. The highest BCUT2D eigenvalue weighted by Crippen LogP contribution is 2.11. The van der Waals surface area contributed by atoms with E-state index in [1.165, 1.54) is 11.3 Å². The van der Waals surface area contributed by atoms with E-state index in [0.717, 1.165) is 6.54 Å². The third-order valence-corrected chi connectivity index (χ3v) is 1.94. The SMILES string of the molecule is CC.CC(C)c1ccc(CN(C)C)cn1. The van der Waals surface area contributed by atoms with Gasteiger partial charge >= 0.3 is 0 Å². The molecule has 0 aliphatic heterocycles. The molecule has 0 unspecified atom stereocenters. The molecule has 2 nitrogen and oxygen atoms in total. The predicted molar refractivity (Wildman–Crippen MR) is 67.1 cm³/mol. The Kier molecular flexibility index (Phi) is 6.97. The molecule has 0 bridgehead atoms. The molecule has 1 heterocycles. The Morgan fingerprint density at radius 2 is 1.80 bits per heavy atom. The van der Waals surface area contributed by atoms with Crippen LogP contribution in [0, 0.1) is 0 Å². The number of pyridine rings is 1. The third-order valence-electron chi connectivity index (χ3n) is 1.94. The molecule has 0 saturated heterocycles. The molecule has 0 fully saturated rings. The van der Waals surface area contributed by atoms with Crippen LogP contribution < -0.4 is 0 Å². The molecule has 2 heteroatoms. The van der Waals surface area contributed by atoms with Gasteiger partial charge in [0.05, 0.1) is 0 Å². The minimum Gasteiger partial charge on any atom is -0.305 e. The summed E-state index contributed by atoms with van der Waals surface area (Å²) in [5.41, 5.74) is 2.44. The molecular weight excluding hydrogens is 184 g/mol. The van der Waals surface area contributed by atoms with Crippen LogP contribution in [0.5, 0.6) is 0 Å². The number of hydrogen-bond acceptors (Lipinski definition) is 2. The van der Waals surface area contributed by atoms with Crippen LogP contribution in [0.25, 0.3) is 0 Å². The highest BCUT2D eigenvalue weighted by Gasteiger charge is 2.00. The molecule has 0 saturated carbocycles. The number of nitrogens with zero attached hydrogens (tertiary/aromatic N) is 2. The Balaban J connectivity index is 0.000000921. The first-order valence-corrected chi connectivity index (χ1v) is 5.69. The van der Waals surface area contributed by atoms with Gasteiger partial charge in [-0.25, -0.2) is 0 Å². The van der Waals surface area contributed by atoms with Crippen molar-refractivity contribution in [3.8, 4) is 0 Å². The van der Waals surface area contributed by atoms with E-state index in [-0.39, 0.29) is 0 Å². The van der Waals surface area contributed by atoms with Crippen molar-refractivity contribution >= 4 is 0 Å². The molecule has 0 aromatic carbocycles. The van der Waals surface area contributed by atoms with Gasteiger partial charge in [0, 0.05) is 18.4 Å². The van der Waals surface area contributed by atoms with Gasteiger partial charge < -0.3 is 4.90 Å². The Morgan fingerprint density at radius 1 is 1.20 bits per heavy atom. The van der Waals surface area contributed by atoms with E-state index < -0.39 is 0 Å². The Bertz CT molecular complexity index is 250. The Morgan fingerprint density at radius 3 is 2.13 bits per heavy atom. The fourth-order valence-corrected chi connectivity index (χ4v) is 1.24. The number of aromatic nitrogens is 1. The average Bonchev–Trinajstić information content (AvgIpc) is 2.20. The van der Waals surface area contributed by atoms with Crippen molar-refractivity contribution in [1.29, 1.82) is 0 Å². The maximum absolute atomic E-state index is 4.40. The summed E-state index contributed by atoms with van der Waals surface area (Å²) in [5.74, 6) is 0.522. The van der Waals surface area contributed by atoms with Crippen LogP contribution >= 0.6 is 0 Å². The first-order valence-electron chi connectivity index (χ1n) is 5.69. The molecule has 0 N–H and O–H groups in total. The van der Waals surface area contributed by atoms with E-state index >= 15 is 0 Å². The zero-order chi connectivity index (χ0) is 11.8. The minimum atomic E-state index is 0.522. The van der Waals surface area contributed by atoms with Crippen LogP contribution in [0.2, 0.25) is 0 Å². The van der Waals surface area contributed by atoms with E-state index in [4.69, 9.17) is 0 Å². The van der Waals surface area contributed by atoms with E-state index in [9.17, 15) is 0 Å². The molecular formula is C13H24N2. The van der Waals surface area contributed by atoms with Crippen LogP contribution in [-0.2, 0) is 6.54 Å². The standard InChI is InChI=1S/C11H18N2.C2H6/c1-9(2)11-6-5-10(7-12-11)8-13(3)4;1-2/h5-7,9H,8H2,1-4H3;1-2H3. The highest BCUT2D eigenvalue weighted by molar-refractivity contribution is 5.15. The molecule has 0 aliphatic carbocycles. The lowest BCUT2D eigenvalue weighted by atomic mass is 10.1. The Hall–Kier alpha value is -0.890. The summed E-state index contributed by atoms with van der Waals surface area (Å²) in [5, 5.41) is 0. The summed E-state index contributed by atoms with van der Waals surface area (Å²) in [7, 11) is 4.13. The van der Waals surface area contributed by atoms with E-state index in [1.807, 2.05) is 20.0 Å². The zero-order valence-electron chi connectivity index (χ0n) is 10.9. The van der Waals surface area contributed by atoms with Gasteiger partial charge in [0.15, 0.2) is 0 Å². The van der Waals surface area contributed by atoms with Crippen molar-refractivity contribution in [2.45, 2.75) is 40.2 Å². The second kappa shape index (κ2) is 7.41. The molecule has 0 radical (unpaired) electrons. The van der Waals surface area contributed by atoms with Gasteiger partial charge in [-0.05, 0) is 31.6 Å². The maximum Gasteiger partial charge on any atom is 0.0429 e. The quantitative estimate of drug-likeness (QED) is 0.757. The lowest BCUT2D eigenvalue weighted by molar-refractivity contribution is 0.402. The zero-order valence-corrected chi connectivity index (χ0v) is 10.9. The van der Waals surface area contributed by atoms with Crippen LogP contribution in [0.1, 0.15) is 44.9 Å². The molecule has 0 amide bonds. The molecule has 0 spiro atoms. The van der Waals surface area contributed by atoms with Gasteiger partial charge in [-0.15, -0.1) is 0 Å². The van der Waals surface area contributed by atoms with Crippen LogP contribution in [-0.4, -0.2) is 24.0 Å². The van der Waals surface area contributed by atoms with Crippen molar-refractivity contribution in [1.82, 2.24) is 9.88 Å². The van der Waals surface area contributed by atoms with E-state index in [2.05, 4.69) is 50.0 Å². The van der Waals surface area contributed by atoms with Crippen molar-refractivity contribution in [3.05, 3.63) is 29.6 Å². The summed E-state index contributed by atoms with van der Waals surface area (Å²) < 4.78 is 0. The molecule has 0 aliphatic rings. The van der Waals surface area contributed by atoms with Crippen molar-refractivity contribution in [2.75, 3.05) is 14.1 Å². The van der Waals surface area contributed by atoms with Gasteiger partial charge in [-0.2, -0.15) is 0 Å². The molecule has 1 aromatic heterocycles. The van der Waals surface area contributed by atoms with E-state index in [0.29, 0.717) is 5.92 Å². The van der Waals surface area contributed by atoms with Crippen LogP contribution in [0.15, 0.2) is 18.3 Å². The van der Waals surface area contributed by atoms with Crippen molar-refractivity contribution in [3.63, 3.8) is 0 Å². The van der Waals surface area contributed by atoms with Gasteiger partial charge in [0.1, 0.15) is 0 Å². The maximum atomic E-state index is 4.40. The third kappa shape index (κ3) is 5.53. The normalized spacial score (nSPS) is 10.1. The molecule has 0 atom stereocenters. The number of hydrogen-bond donors (Lipinski definition) is 0. The average molecular weight is 208 g/mol. The van der Waals surface area contributed by atoms with Crippen LogP contribution in [0.4, 0.5) is 0 Å².